The Morgan fingerprint density at radius 2 is 0.481 bits per heavy atom. The Labute approximate surface area is 470 Å². The van der Waals surface area contributed by atoms with E-state index in [-0.39, 0.29) is 50.4 Å². The summed E-state index contributed by atoms with van der Waals surface area (Å²) in [5.74, 6) is -1.11. The molecule has 0 aromatic heterocycles. The number of hydrogen-bond donors (Lipinski definition) is 0. The van der Waals surface area contributed by atoms with Crippen LogP contribution < -0.4 is 0 Å². The van der Waals surface area contributed by atoms with Crippen molar-refractivity contribution in [1.29, 1.82) is 0 Å². The maximum Gasteiger partial charge on any atom is 0.306 e. The van der Waals surface area contributed by atoms with Gasteiger partial charge in [-0.05, 0) is 154 Å². The van der Waals surface area contributed by atoms with Crippen molar-refractivity contribution in [2.45, 2.75) is 207 Å². The minimum atomic E-state index is -0.857. The number of hydrogen-bond acceptors (Lipinski definition) is 6. The molecule has 1 unspecified atom stereocenters. The van der Waals surface area contributed by atoms with Crippen molar-refractivity contribution in [3.05, 3.63) is 207 Å². The Balaban J connectivity index is 4.68. The van der Waals surface area contributed by atoms with Crippen molar-refractivity contribution in [3.8, 4) is 0 Å². The van der Waals surface area contributed by atoms with Crippen LogP contribution in [0.4, 0.5) is 0 Å². The van der Waals surface area contributed by atoms with Crippen molar-refractivity contribution in [3.63, 3.8) is 0 Å². The van der Waals surface area contributed by atoms with Crippen LogP contribution in [-0.2, 0) is 28.6 Å². The fourth-order valence-corrected chi connectivity index (χ4v) is 6.96. The number of rotatable bonds is 50. The van der Waals surface area contributed by atoms with Gasteiger partial charge in [0, 0.05) is 19.3 Å². The average molecular weight is 1050 g/mol. The van der Waals surface area contributed by atoms with E-state index in [1.165, 1.54) is 0 Å². The van der Waals surface area contributed by atoms with E-state index in [1.807, 2.05) is 0 Å². The summed E-state index contributed by atoms with van der Waals surface area (Å²) in [6, 6.07) is 0. The zero-order valence-electron chi connectivity index (χ0n) is 48.4. The molecule has 0 aliphatic carbocycles. The topological polar surface area (TPSA) is 78.9 Å². The van der Waals surface area contributed by atoms with Gasteiger partial charge in [0.15, 0.2) is 6.10 Å². The van der Waals surface area contributed by atoms with Crippen LogP contribution in [0.3, 0.4) is 0 Å². The molecule has 77 heavy (non-hydrogen) atoms. The third-order valence-corrected chi connectivity index (χ3v) is 11.3. The first kappa shape index (κ1) is 71.0. The third kappa shape index (κ3) is 60.7. The van der Waals surface area contributed by atoms with E-state index < -0.39 is 6.10 Å². The van der Waals surface area contributed by atoms with E-state index in [2.05, 4.69) is 227 Å². The summed E-state index contributed by atoms with van der Waals surface area (Å²) in [5, 5.41) is 0. The summed E-state index contributed by atoms with van der Waals surface area (Å²) < 4.78 is 16.7. The summed E-state index contributed by atoms with van der Waals surface area (Å²) in [7, 11) is 0. The van der Waals surface area contributed by atoms with Gasteiger partial charge in [0.2, 0.25) is 0 Å². The van der Waals surface area contributed by atoms with Gasteiger partial charge in [-0.2, -0.15) is 0 Å². The van der Waals surface area contributed by atoms with Gasteiger partial charge in [-0.3, -0.25) is 14.4 Å². The lowest BCUT2D eigenvalue weighted by molar-refractivity contribution is -0.167. The molecule has 0 spiro atoms. The number of ether oxygens (including phenoxy) is 3. The van der Waals surface area contributed by atoms with Crippen molar-refractivity contribution in [2.24, 2.45) is 0 Å². The lowest BCUT2D eigenvalue weighted by Gasteiger charge is -2.18. The largest absolute Gasteiger partial charge is 0.462 e. The summed E-state index contributed by atoms with van der Waals surface area (Å²) in [4.78, 5) is 38.2. The Morgan fingerprint density at radius 1 is 0.260 bits per heavy atom. The first-order chi connectivity index (χ1) is 38.0. The molecule has 0 amide bonds. The maximum atomic E-state index is 12.9. The minimum Gasteiger partial charge on any atom is -0.462 e. The molecule has 0 fully saturated rings. The highest BCUT2D eigenvalue weighted by atomic mass is 16.6. The first-order valence-electron chi connectivity index (χ1n) is 29.6. The molecule has 0 aromatic rings. The van der Waals surface area contributed by atoms with Crippen molar-refractivity contribution >= 4 is 17.9 Å². The number of carbonyl (C=O) groups is 3. The van der Waals surface area contributed by atoms with Gasteiger partial charge < -0.3 is 14.2 Å². The highest BCUT2D eigenvalue weighted by molar-refractivity contribution is 5.71. The highest BCUT2D eigenvalue weighted by Gasteiger charge is 2.19. The number of esters is 3. The van der Waals surface area contributed by atoms with Gasteiger partial charge in [0.05, 0.1) is 0 Å². The number of allylic oxidation sites excluding steroid dienone is 34. The molecule has 0 bridgehead atoms. The summed E-state index contributed by atoms with van der Waals surface area (Å²) >= 11 is 0. The molecular weight excluding hydrogens is 949 g/mol. The van der Waals surface area contributed by atoms with Gasteiger partial charge in [0.1, 0.15) is 13.2 Å². The summed E-state index contributed by atoms with van der Waals surface area (Å²) in [6.45, 7) is 6.14. The normalized spacial score (nSPS) is 13.6. The Hall–Kier alpha value is -6.01. The molecule has 0 radical (unpaired) electrons. The van der Waals surface area contributed by atoms with Crippen LogP contribution in [0.5, 0.6) is 0 Å². The zero-order valence-corrected chi connectivity index (χ0v) is 48.4. The molecule has 6 heteroatoms. The molecule has 0 aliphatic heterocycles. The van der Waals surface area contributed by atoms with Crippen LogP contribution in [0.15, 0.2) is 207 Å². The predicted molar refractivity (Wildman–Crippen MR) is 333 cm³/mol. The van der Waals surface area contributed by atoms with Gasteiger partial charge in [-0.15, -0.1) is 0 Å². The van der Waals surface area contributed by atoms with Crippen LogP contribution in [-0.4, -0.2) is 37.2 Å². The molecule has 0 saturated heterocycles. The lowest BCUT2D eigenvalue weighted by Crippen LogP contribution is -2.30. The lowest BCUT2D eigenvalue weighted by atomic mass is 10.1. The molecule has 0 saturated carbocycles. The van der Waals surface area contributed by atoms with Crippen LogP contribution in [0.2, 0.25) is 0 Å². The Kier molecular flexibility index (Phi) is 57.6. The summed E-state index contributed by atoms with van der Waals surface area (Å²) in [6.07, 6.45) is 96.8. The minimum absolute atomic E-state index is 0.152. The molecule has 0 aromatic carbocycles. The predicted octanol–water partition coefficient (Wildman–Crippen LogP) is 20.4. The van der Waals surface area contributed by atoms with Gasteiger partial charge in [-0.1, -0.05) is 234 Å². The van der Waals surface area contributed by atoms with Crippen LogP contribution in [0.25, 0.3) is 0 Å². The highest BCUT2D eigenvalue weighted by Crippen LogP contribution is 2.10. The molecule has 424 valence electrons. The average Bonchev–Trinajstić information content (AvgIpc) is 3.43. The molecule has 0 heterocycles. The van der Waals surface area contributed by atoms with Crippen molar-refractivity contribution < 1.29 is 28.6 Å². The first-order valence-corrected chi connectivity index (χ1v) is 29.6. The Bertz CT molecular complexity index is 1930. The SMILES string of the molecule is CC/C=C\C/C=C\C/C=C\C/C=C\C/C=C\C/C=C\C/C=C\CCCC(=O)OCC(COC(=O)CCC/C=C\C/C=C\C/C=C\C/C=C\C/C=C\CC)OC(=O)CCCCC/C=C\C/C=C\C/C=C\C/C=C\C/C=C\CC. The van der Waals surface area contributed by atoms with E-state index in [0.717, 1.165) is 141 Å². The van der Waals surface area contributed by atoms with E-state index in [4.69, 9.17) is 14.2 Å². The molecule has 0 N–H and O–H groups in total. The van der Waals surface area contributed by atoms with Crippen LogP contribution >= 0.6 is 0 Å². The monoisotopic (exact) mass is 1050 g/mol. The number of unbranched alkanes of at least 4 members (excludes halogenated alkanes) is 5. The molecule has 6 nitrogen and oxygen atoms in total. The molecule has 0 aliphatic rings. The van der Waals surface area contributed by atoms with Crippen molar-refractivity contribution in [2.75, 3.05) is 13.2 Å². The number of carbonyl (C=O) groups excluding carboxylic acids is 3. The molecule has 0 rings (SSSR count). The van der Waals surface area contributed by atoms with Gasteiger partial charge >= 0.3 is 17.9 Å². The van der Waals surface area contributed by atoms with E-state index in [1.54, 1.807) is 0 Å². The van der Waals surface area contributed by atoms with Crippen LogP contribution in [0, 0.1) is 0 Å². The zero-order chi connectivity index (χ0) is 55.7. The van der Waals surface area contributed by atoms with E-state index in [0.29, 0.717) is 19.3 Å². The smallest absolute Gasteiger partial charge is 0.306 e. The summed E-state index contributed by atoms with van der Waals surface area (Å²) in [5.41, 5.74) is 0. The standard InChI is InChI=1S/C71H104O6/c1-4-7-10-13-16-19-22-25-28-31-33-34-35-36-38-40-43-46-49-52-55-58-61-64-70(73)76-67-68(66-75-69(72)63-60-57-54-51-48-45-42-39-30-27-24-21-18-15-12-9-6-3)77-71(74)65-62-59-56-53-50-47-44-41-37-32-29-26-23-20-17-14-11-8-5-2/h7-12,16-21,25-30,33-34,36-38,41-43,45-47,50-52,54-55,68H,4-6,13-15,22-24,31-32,35,39-40,44,48-49,53,56-67H2,1-3H3/b10-7-,11-8-,12-9-,19-16-,20-17-,21-18-,28-25-,29-26-,30-27-,34-33-,38-36-,41-37-,45-42-,46-43-,50-47-,54-51-,55-52-. The van der Waals surface area contributed by atoms with Gasteiger partial charge in [-0.25, -0.2) is 0 Å². The molecular formula is C71H104O6. The van der Waals surface area contributed by atoms with E-state index >= 15 is 0 Å². The van der Waals surface area contributed by atoms with Crippen LogP contribution in [0.1, 0.15) is 201 Å². The second-order valence-electron chi connectivity index (χ2n) is 18.4. The van der Waals surface area contributed by atoms with Gasteiger partial charge in [0.25, 0.3) is 0 Å². The fraction of sp³-hybridized carbons (Fsp3) is 0.479. The fourth-order valence-electron chi connectivity index (χ4n) is 6.96. The third-order valence-electron chi connectivity index (χ3n) is 11.3. The molecule has 1 atom stereocenters. The Morgan fingerprint density at radius 3 is 0.740 bits per heavy atom. The second-order valence-corrected chi connectivity index (χ2v) is 18.4. The van der Waals surface area contributed by atoms with Crippen molar-refractivity contribution in [1.82, 2.24) is 0 Å². The van der Waals surface area contributed by atoms with E-state index in [9.17, 15) is 14.4 Å². The quantitative estimate of drug-likeness (QED) is 0.0261. The maximum absolute atomic E-state index is 12.9. The second kappa shape index (κ2) is 62.5.